The summed E-state index contributed by atoms with van der Waals surface area (Å²) in [6, 6.07) is 11.4. The summed E-state index contributed by atoms with van der Waals surface area (Å²) in [5.74, 6) is 0.384. The first-order chi connectivity index (χ1) is 14.1. The Bertz CT molecular complexity index is 897. The zero-order valence-electron chi connectivity index (χ0n) is 16.7. The molecule has 0 unspecified atom stereocenters. The van der Waals surface area contributed by atoms with Gasteiger partial charge in [-0.15, -0.1) is 0 Å². The number of para-hydroxylation sites is 1. The smallest absolute Gasteiger partial charge is 0.331 e. The number of fused-ring (bicyclic) bond motifs is 1. The minimum Gasteiger partial charge on any atom is -0.486 e. The van der Waals surface area contributed by atoms with E-state index in [4.69, 9.17) is 14.2 Å². The lowest BCUT2D eigenvalue weighted by molar-refractivity contribution is -0.142. The third kappa shape index (κ3) is 5.38. The number of carbonyl (C=O) groups is 2. The molecule has 1 aliphatic heterocycles. The number of carbonyl (C=O) groups excluding carboxylic acids is 2. The van der Waals surface area contributed by atoms with Crippen LogP contribution >= 0.6 is 0 Å². The van der Waals surface area contributed by atoms with Crippen LogP contribution in [0, 0.1) is 0 Å². The number of aryl methyl sites for hydroxylation is 2. The highest BCUT2D eigenvalue weighted by atomic mass is 16.6. The van der Waals surface area contributed by atoms with Crippen molar-refractivity contribution in [3.05, 3.63) is 59.2 Å². The summed E-state index contributed by atoms with van der Waals surface area (Å²) in [6.07, 6.45) is 4.51. The zero-order valence-corrected chi connectivity index (χ0v) is 16.7. The molecule has 2 aromatic rings. The molecule has 0 spiro atoms. The summed E-state index contributed by atoms with van der Waals surface area (Å²) >= 11 is 0. The molecule has 1 N–H and O–H groups in total. The van der Waals surface area contributed by atoms with Crippen molar-refractivity contribution in [3.63, 3.8) is 0 Å². The quantitative estimate of drug-likeness (QED) is 0.571. The first kappa shape index (κ1) is 20.5. The molecule has 29 heavy (non-hydrogen) atoms. The number of esters is 1. The normalized spacial score (nSPS) is 12.6. The molecule has 0 saturated heterocycles. The topological polar surface area (TPSA) is 73.9 Å². The maximum absolute atomic E-state index is 12.2. The van der Waals surface area contributed by atoms with Crippen LogP contribution in [0.2, 0.25) is 0 Å². The lowest BCUT2D eigenvalue weighted by Gasteiger charge is -2.18. The molecule has 0 aliphatic carbocycles. The standard InChI is InChI=1S/C23H25NO5/c1-3-17-6-5-7-18(4-2)23(17)24-21(25)15-29-22(26)11-9-16-8-10-19-20(14-16)28-13-12-27-19/h5-11,14H,3-4,12-13,15H2,1-2H3,(H,24,25). The molecule has 6 nitrogen and oxygen atoms in total. The predicted octanol–water partition coefficient (Wildman–Crippen LogP) is 3.78. The van der Waals surface area contributed by atoms with Crippen LogP contribution in [0.25, 0.3) is 6.08 Å². The lowest BCUT2D eigenvalue weighted by atomic mass is 10.0. The van der Waals surface area contributed by atoms with Crippen LogP contribution in [0.4, 0.5) is 5.69 Å². The number of amides is 1. The van der Waals surface area contributed by atoms with Crippen molar-refractivity contribution in [2.45, 2.75) is 26.7 Å². The second-order valence-electron chi connectivity index (χ2n) is 6.55. The number of benzene rings is 2. The molecule has 2 aromatic carbocycles. The number of rotatable bonds is 7. The van der Waals surface area contributed by atoms with Gasteiger partial charge in [-0.1, -0.05) is 38.1 Å². The molecule has 0 fully saturated rings. The average Bonchev–Trinajstić information content (AvgIpc) is 2.76. The minimum atomic E-state index is -0.588. The monoisotopic (exact) mass is 395 g/mol. The van der Waals surface area contributed by atoms with Gasteiger partial charge in [-0.25, -0.2) is 4.79 Å². The van der Waals surface area contributed by atoms with Crippen molar-refractivity contribution in [2.24, 2.45) is 0 Å². The Kier molecular flexibility index (Phi) is 6.89. The third-order valence-electron chi connectivity index (χ3n) is 4.59. The molecule has 0 saturated carbocycles. The van der Waals surface area contributed by atoms with E-state index in [2.05, 4.69) is 5.32 Å². The SMILES string of the molecule is CCc1cccc(CC)c1NC(=O)COC(=O)C=Cc1ccc2c(c1)OCCO2. The van der Waals surface area contributed by atoms with Crippen LogP contribution in [0.15, 0.2) is 42.5 Å². The molecule has 1 amide bonds. The van der Waals surface area contributed by atoms with Crippen molar-refractivity contribution >= 4 is 23.6 Å². The van der Waals surface area contributed by atoms with Gasteiger partial charge in [-0.2, -0.15) is 0 Å². The van der Waals surface area contributed by atoms with E-state index < -0.39 is 5.97 Å². The summed E-state index contributed by atoms with van der Waals surface area (Å²) in [4.78, 5) is 24.2. The first-order valence-electron chi connectivity index (χ1n) is 9.75. The number of nitrogens with one attached hydrogen (secondary N) is 1. The summed E-state index contributed by atoms with van der Waals surface area (Å²) in [7, 11) is 0. The third-order valence-corrected chi connectivity index (χ3v) is 4.59. The summed E-state index contributed by atoms with van der Waals surface area (Å²) < 4.78 is 16.0. The van der Waals surface area contributed by atoms with Gasteiger partial charge in [0.05, 0.1) is 0 Å². The van der Waals surface area contributed by atoms with Gasteiger partial charge in [0, 0.05) is 11.8 Å². The number of hydrogen-bond acceptors (Lipinski definition) is 5. The lowest BCUT2D eigenvalue weighted by Crippen LogP contribution is -2.21. The van der Waals surface area contributed by atoms with Gasteiger partial charge >= 0.3 is 5.97 Å². The Morgan fingerprint density at radius 3 is 2.41 bits per heavy atom. The molecule has 0 bridgehead atoms. The van der Waals surface area contributed by atoms with Gasteiger partial charge in [0.15, 0.2) is 18.1 Å². The van der Waals surface area contributed by atoms with E-state index in [1.54, 1.807) is 18.2 Å². The van der Waals surface area contributed by atoms with Crippen molar-refractivity contribution in [3.8, 4) is 11.5 Å². The van der Waals surface area contributed by atoms with E-state index in [0.717, 1.165) is 35.2 Å². The highest BCUT2D eigenvalue weighted by Crippen LogP contribution is 2.31. The molecule has 0 aromatic heterocycles. The second-order valence-corrected chi connectivity index (χ2v) is 6.55. The fourth-order valence-corrected chi connectivity index (χ4v) is 3.09. The average molecular weight is 395 g/mol. The summed E-state index contributed by atoms with van der Waals surface area (Å²) in [5, 5.41) is 2.87. The summed E-state index contributed by atoms with van der Waals surface area (Å²) in [6.45, 7) is 4.75. The van der Waals surface area contributed by atoms with Crippen molar-refractivity contribution in [1.82, 2.24) is 0 Å². The van der Waals surface area contributed by atoms with E-state index in [-0.39, 0.29) is 12.5 Å². The molecule has 6 heteroatoms. The van der Waals surface area contributed by atoms with Gasteiger partial charge in [-0.05, 0) is 47.7 Å². The van der Waals surface area contributed by atoms with Crippen molar-refractivity contribution in [2.75, 3.05) is 25.1 Å². The van der Waals surface area contributed by atoms with Crippen LogP contribution in [-0.2, 0) is 27.2 Å². The Morgan fingerprint density at radius 2 is 1.72 bits per heavy atom. The fraction of sp³-hybridized carbons (Fsp3) is 0.304. The fourth-order valence-electron chi connectivity index (χ4n) is 3.09. The van der Waals surface area contributed by atoms with Gasteiger partial charge in [0.2, 0.25) is 0 Å². The predicted molar refractivity (Wildman–Crippen MR) is 111 cm³/mol. The van der Waals surface area contributed by atoms with Crippen molar-refractivity contribution in [1.29, 1.82) is 0 Å². The maximum Gasteiger partial charge on any atom is 0.331 e. The maximum atomic E-state index is 12.2. The van der Waals surface area contributed by atoms with Crippen LogP contribution < -0.4 is 14.8 Å². The van der Waals surface area contributed by atoms with E-state index in [9.17, 15) is 9.59 Å². The van der Waals surface area contributed by atoms with Crippen LogP contribution in [0.3, 0.4) is 0 Å². The molecule has 1 aliphatic rings. The molecule has 0 atom stereocenters. The van der Waals surface area contributed by atoms with E-state index in [0.29, 0.717) is 24.7 Å². The largest absolute Gasteiger partial charge is 0.486 e. The van der Waals surface area contributed by atoms with Crippen molar-refractivity contribution < 1.29 is 23.8 Å². The van der Waals surface area contributed by atoms with Crippen LogP contribution in [0.1, 0.15) is 30.5 Å². The van der Waals surface area contributed by atoms with Gasteiger partial charge in [-0.3, -0.25) is 4.79 Å². The zero-order chi connectivity index (χ0) is 20.6. The molecular formula is C23H25NO5. The molecule has 152 valence electrons. The Morgan fingerprint density at radius 1 is 1.03 bits per heavy atom. The minimum absolute atomic E-state index is 0.342. The van der Waals surface area contributed by atoms with Gasteiger partial charge < -0.3 is 19.5 Å². The molecular weight excluding hydrogens is 370 g/mol. The Hall–Kier alpha value is -3.28. The number of ether oxygens (including phenoxy) is 3. The van der Waals surface area contributed by atoms with Crippen LogP contribution in [0.5, 0.6) is 11.5 Å². The number of anilines is 1. The van der Waals surface area contributed by atoms with Gasteiger partial charge in [0.1, 0.15) is 13.2 Å². The summed E-state index contributed by atoms with van der Waals surface area (Å²) in [5.41, 5.74) is 3.70. The second kappa shape index (κ2) is 9.78. The Labute approximate surface area is 170 Å². The molecule has 0 radical (unpaired) electrons. The van der Waals surface area contributed by atoms with E-state index >= 15 is 0 Å². The number of hydrogen-bond donors (Lipinski definition) is 1. The molecule has 1 heterocycles. The van der Waals surface area contributed by atoms with E-state index in [1.807, 2.05) is 38.1 Å². The van der Waals surface area contributed by atoms with E-state index in [1.165, 1.54) is 6.08 Å². The highest BCUT2D eigenvalue weighted by molar-refractivity contribution is 5.95. The molecule has 3 rings (SSSR count). The van der Waals surface area contributed by atoms with Crippen LogP contribution in [-0.4, -0.2) is 31.7 Å². The highest BCUT2D eigenvalue weighted by Gasteiger charge is 2.12. The Balaban J connectivity index is 1.54. The first-order valence-corrected chi connectivity index (χ1v) is 9.75. The van der Waals surface area contributed by atoms with Gasteiger partial charge in [0.25, 0.3) is 5.91 Å².